The molecular formula is C32H35N3O5. The molecule has 2 aliphatic heterocycles. The zero-order valence-corrected chi connectivity index (χ0v) is 22.4. The van der Waals surface area contributed by atoms with Gasteiger partial charge >= 0.3 is 0 Å². The molecule has 2 fully saturated rings. The molecule has 0 bridgehead atoms. The maximum Gasteiger partial charge on any atom is 0.267 e. The van der Waals surface area contributed by atoms with Crippen LogP contribution in [0.1, 0.15) is 36.8 Å². The van der Waals surface area contributed by atoms with Gasteiger partial charge in [-0.2, -0.15) is 0 Å². The molecule has 2 saturated heterocycles. The van der Waals surface area contributed by atoms with Crippen molar-refractivity contribution in [2.24, 2.45) is 0 Å². The van der Waals surface area contributed by atoms with E-state index >= 15 is 0 Å². The number of aliphatic hydroxyl groups is 1. The summed E-state index contributed by atoms with van der Waals surface area (Å²) >= 11 is 0. The molecule has 0 unspecified atom stereocenters. The summed E-state index contributed by atoms with van der Waals surface area (Å²) in [6, 6.07) is 26.2. The van der Waals surface area contributed by atoms with Crippen molar-refractivity contribution in [1.82, 2.24) is 15.1 Å². The highest BCUT2D eigenvalue weighted by Gasteiger charge is 2.43. The molecule has 3 aromatic rings. The maximum absolute atomic E-state index is 13.5. The molecule has 5 rings (SSSR count). The number of carbonyl (C=O) groups is 3. The zero-order valence-electron chi connectivity index (χ0n) is 22.4. The summed E-state index contributed by atoms with van der Waals surface area (Å²) in [7, 11) is 0. The second-order valence-corrected chi connectivity index (χ2v) is 10.4. The van der Waals surface area contributed by atoms with Gasteiger partial charge in [-0.05, 0) is 42.6 Å². The van der Waals surface area contributed by atoms with Crippen LogP contribution in [0.4, 0.5) is 0 Å². The SMILES string of the molecule is O=C(NC(=O)C(O)(c1ccccc1)c1ccccc1)[C@@H]1CCCN1CC(=O)N1CCC(Oc2ccccc2)CC1. The zero-order chi connectivity index (χ0) is 28.0. The van der Waals surface area contributed by atoms with E-state index in [4.69, 9.17) is 4.74 Å². The minimum absolute atomic E-state index is 0.0331. The number of carbonyl (C=O) groups excluding carboxylic acids is 3. The van der Waals surface area contributed by atoms with Crippen molar-refractivity contribution in [2.45, 2.75) is 43.4 Å². The third-order valence-corrected chi connectivity index (χ3v) is 7.79. The van der Waals surface area contributed by atoms with Crippen LogP contribution in [0.15, 0.2) is 91.0 Å². The number of benzene rings is 3. The monoisotopic (exact) mass is 541 g/mol. The van der Waals surface area contributed by atoms with E-state index in [9.17, 15) is 19.5 Å². The fourth-order valence-electron chi connectivity index (χ4n) is 5.57. The maximum atomic E-state index is 13.5. The van der Waals surface area contributed by atoms with E-state index in [1.54, 1.807) is 60.7 Å². The van der Waals surface area contributed by atoms with Crippen molar-refractivity contribution in [1.29, 1.82) is 0 Å². The molecule has 0 spiro atoms. The Balaban J connectivity index is 1.19. The van der Waals surface area contributed by atoms with Crippen LogP contribution < -0.4 is 10.1 Å². The first-order valence-corrected chi connectivity index (χ1v) is 13.9. The van der Waals surface area contributed by atoms with E-state index in [-0.39, 0.29) is 18.6 Å². The molecule has 0 saturated carbocycles. The van der Waals surface area contributed by atoms with Gasteiger partial charge in [0.15, 0.2) is 5.60 Å². The van der Waals surface area contributed by atoms with Gasteiger partial charge in [0, 0.05) is 25.9 Å². The van der Waals surface area contributed by atoms with Gasteiger partial charge in [-0.15, -0.1) is 0 Å². The molecule has 2 heterocycles. The number of rotatable bonds is 8. The fraction of sp³-hybridized carbons (Fsp3) is 0.344. The minimum Gasteiger partial charge on any atom is -0.490 e. The van der Waals surface area contributed by atoms with Gasteiger partial charge in [-0.25, -0.2) is 0 Å². The van der Waals surface area contributed by atoms with Crippen LogP contribution in [0.3, 0.4) is 0 Å². The average Bonchev–Trinajstić information content (AvgIpc) is 3.46. The normalized spacial score (nSPS) is 18.3. The van der Waals surface area contributed by atoms with Crippen LogP contribution in [0.25, 0.3) is 0 Å². The second-order valence-electron chi connectivity index (χ2n) is 10.4. The molecular weight excluding hydrogens is 506 g/mol. The molecule has 2 N–H and O–H groups in total. The highest BCUT2D eigenvalue weighted by Crippen LogP contribution is 2.30. The summed E-state index contributed by atoms with van der Waals surface area (Å²) in [6.07, 6.45) is 2.84. The van der Waals surface area contributed by atoms with Crippen molar-refractivity contribution in [3.63, 3.8) is 0 Å². The van der Waals surface area contributed by atoms with Crippen molar-refractivity contribution in [3.8, 4) is 5.75 Å². The number of hydrogen-bond acceptors (Lipinski definition) is 6. The van der Waals surface area contributed by atoms with Crippen molar-refractivity contribution < 1.29 is 24.2 Å². The van der Waals surface area contributed by atoms with Crippen LogP contribution in [0.2, 0.25) is 0 Å². The molecule has 1 atom stereocenters. The quantitative estimate of drug-likeness (QED) is 0.455. The third-order valence-electron chi connectivity index (χ3n) is 7.79. The van der Waals surface area contributed by atoms with E-state index in [1.807, 2.05) is 40.1 Å². The Hall–Kier alpha value is -4.01. The van der Waals surface area contributed by atoms with E-state index < -0.39 is 23.5 Å². The first-order valence-electron chi connectivity index (χ1n) is 13.9. The Morgan fingerprint density at radius 2 is 1.35 bits per heavy atom. The summed E-state index contributed by atoms with van der Waals surface area (Å²) in [6.45, 7) is 1.90. The first-order chi connectivity index (χ1) is 19.4. The highest BCUT2D eigenvalue weighted by molar-refractivity contribution is 6.03. The largest absolute Gasteiger partial charge is 0.490 e. The fourth-order valence-corrected chi connectivity index (χ4v) is 5.57. The van der Waals surface area contributed by atoms with Crippen molar-refractivity contribution in [2.75, 3.05) is 26.2 Å². The number of nitrogens with zero attached hydrogens (tertiary/aromatic N) is 2. The molecule has 3 aromatic carbocycles. The molecule has 40 heavy (non-hydrogen) atoms. The van der Waals surface area contributed by atoms with Gasteiger partial charge in [0.1, 0.15) is 11.9 Å². The molecule has 3 amide bonds. The standard InChI is InChI=1S/C32H35N3O5/c36-29(34-21-18-27(19-22-34)40-26-15-8-3-9-16-26)23-35-20-10-17-28(35)30(37)33-31(38)32(39,24-11-4-1-5-12-24)25-13-6-2-7-14-25/h1-9,11-16,27-28,39H,10,17-23H2,(H,33,37,38)/t28-/m0/s1. The van der Waals surface area contributed by atoms with E-state index in [2.05, 4.69) is 5.32 Å². The summed E-state index contributed by atoms with van der Waals surface area (Å²) < 4.78 is 6.04. The molecule has 0 aliphatic carbocycles. The number of nitrogens with one attached hydrogen (secondary N) is 1. The van der Waals surface area contributed by atoms with Gasteiger partial charge in [-0.3, -0.25) is 24.6 Å². The second kappa shape index (κ2) is 12.4. The Morgan fingerprint density at radius 1 is 0.800 bits per heavy atom. The van der Waals surface area contributed by atoms with E-state index in [1.165, 1.54) is 0 Å². The molecule has 2 aliphatic rings. The summed E-state index contributed by atoms with van der Waals surface area (Å²) in [5.74, 6) is -0.516. The lowest BCUT2D eigenvalue weighted by Gasteiger charge is -2.34. The third kappa shape index (κ3) is 6.08. The lowest BCUT2D eigenvalue weighted by Crippen LogP contribution is -2.54. The van der Waals surface area contributed by atoms with Crippen LogP contribution in [-0.2, 0) is 20.0 Å². The van der Waals surface area contributed by atoms with E-state index in [0.29, 0.717) is 37.2 Å². The molecule has 0 aromatic heterocycles. The Morgan fingerprint density at radius 3 is 1.93 bits per heavy atom. The lowest BCUT2D eigenvalue weighted by molar-refractivity contribution is -0.143. The van der Waals surface area contributed by atoms with Crippen LogP contribution in [0, 0.1) is 0 Å². The number of likely N-dealkylation sites (tertiary alicyclic amines) is 2. The number of para-hydroxylation sites is 1. The molecule has 0 radical (unpaired) electrons. The van der Waals surface area contributed by atoms with Crippen molar-refractivity contribution in [3.05, 3.63) is 102 Å². The molecule has 8 nitrogen and oxygen atoms in total. The summed E-state index contributed by atoms with van der Waals surface area (Å²) in [5, 5.41) is 14.1. The van der Waals surface area contributed by atoms with Gasteiger partial charge in [-0.1, -0.05) is 78.9 Å². The predicted octanol–water partition coefficient (Wildman–Crippen LogP) is 3.10. The van der Waals surface area contributed by atoms with Crippen molar-refractivity contribution >= 4 is 17.7 Å². The number of imide groups is 1. The average molecular weight is 542 g/mol. The Kier molecular flexibility index (Phi) is 8.57. The van der Waals surface area contributed by atoms with E-state index in [0.717, 1.165) is 25.0 Å². The Bertz CT molecular complexity index is 1250. The van der Waals surface area contributed by atoms with Crippen LogP contribution in [0.5, 0.6) is 5.75 Å². The highest BCUT2D eigenvalue weighted by atomic mass is 16.5. The first kappa shape index (κ1) is 27.6. The topological polar surface area (TPSA) is 99.2 Å². The Labute approximate surface area is 234 Å². The predicted molar refractivity (Wildman–Crippen MR) is 150 cm³/mol. The summed E-state index contributed by atoms with van der Waals surface area (Å²) in [5.41, 5.74) is -1.31. The van der Waals surface area contributed by atoms with Crippen LogP contribution in [-0.4, -0.2) is 71.0 Å². The smallest absolute Gasteiger partial charge is 0.267 e. The van der Waals surface area contributed by atoms with Gasteiger partial charge < -0.3 is 14.7 Å². The lowest BCUT2D eigenvalue weighted by atomic mass is 9.85. The van der Waals surface area contributed by atoms with Gasteiger partial charge in [0.2, 0.25) is 11.8 Å². The van der Waals surface area contributed by atoms with Gasteiger partial charge in [0.25, 0.3) is 5.91 Å². The van der Waals surface area contributed by atoms with Crippen LogP contribution >= 0.6 is 0 Å². The molecule has 8 heteroatoms. The number of hydrogen-bond donors (Lipinski definition) is 2. The summed E-state index contributed by atoms with van der Waals surface area (Å²) in [4.78, 5) is 43.6. The number of amides is 3. The minimum atomic E-state index is -2.04. The number of ether oxygens (including phenoxy) is 1. The number of piperidine rings is 1. The van der Waals surface area contributed by atoms with Gasteiger partial charge in [0.05, 0.1) is 12.6 Å². The molecule has 208 valence electrons.